The molecule has 1 fully saturated rings. The van der Waals surface area contributed by atoms with E-state index >= 15 is 0 Å². The Balaban J connectivity index is 1.63. The van der Waals surface area contributed by atoms with Crippen molar-refractivity contribution in [3.05, 3.63) is 71.8 Å². The Morgan fingerprint density at radius 3 is 1.70 bits per heavy atom. The van der Waals surface area contributed by atoms with Crippen molar-refractivity contribution in [3.63, 3.8) is 0 Å². The van der Waals surface area contributed by atoms with Gasteiger partial charge in [0.1, 0.15) is 0 Å². The molecule has 0 saturated carbocycles. The Kier molecular flexibility index (Phi) is 4.46. The van der Waals surface area contributed by atoms with Crippen LogP contribution in [0.15, 0.2) is 60.7 Å². The molecule has 0 aliphatic carbocycles. The number of hydrogen-bond acceptors (Lipinski definition) is 2. The fourth-order valence-electron chi connectivity index (χ4n) is 2.47. The lowest BCUT2D eigenvalue weighted by atomic mass is 10.1. The maximum absolute atomic E-state index is 2.54. The van der Waals surface area contributed by atoms with Gasteiger partial charge in [0.2, 0.25) is 0 Å². The summed E-state index contributed by atoms with van der Waals surface area (Å²) in [6, 6.07) is 21.5. The Morgan fingerprint density at radius 2 is 1.25 bits per heavy atom. The van der Waals surface area contributed by atoms with Crippen LogP contribution in [0.2, 0.25) is 0 Å². The molecule has 2 heteroatoms. The summed E-state index contributed by atoms with van der Waals surface area (Å²) in [6.45, 7) is 6.96. The molecule has 0 unspecified atom stereocenters. The van der Waals surface area contributed by atoms with E-state index in [4.69, 9.17) is 0 Å². The highest BCUT2D eigenvalue weighted by atomic mass is 15.3. The van der Waals surface area contributed by atoms with Crippen LogP contribution in [0, 0.1) is 0 Å². The van der Waals surface area contributed by atoms with Crippen molar-refractivity contribution in [1.82, 2.24) is 9.80 Å². The third-order valence-electron chi connectivity index (χ3n) is 3.77. The van der Waals surface area contributed by atoms with Crippen molar-refractivity contribution in [2.45, 2.75) is 13.1 Å². The molecule has 104 valence electrons. The second-order valence-corrected chi connectivity index (χ2v) is 5.52. The van der Waals surface area contributed by atoms with Gasteiger partial charge in [0, 0.05) is 39.3 Å². The van der Waals surface area contributed by atoms with Crippen LogP contribution >= 0.6 is 0 Å². The molecule has 0 N–H and O–H groups in total. The fourth-order valence-corrected chi connectivity index (χ4v) is 2.47. The van der Waals surface area contributed by atoms with Gasteiger partial charge in [-0.25, -0.2) is 0 Å². The van der Waals surface area contributed by atoms with Crippen molar-refractivity contribution in [2.24, 2.45) is 0 Å². The van der Waals surface area contributed by atoms with E-state index in [0.717, 1.165) is 19.6 Å². The summed E-state index contributed by atoms with van der Waals surface area (Å²) in [5.74, 6) is 0. The van der Waals surface area contributed by atoms with Crippen LogP contribution < -0.4 is 0 Å². The van der Waals surface area contributed by atoms with E-state index < -0.39 is 0 Å². The molecule has 0 atom stereocenters. The number of nitrogens with zero attached hydrogens (tertiary/aromatic N) is 2. The summed E-state index contributed by atoms with van der Waals surface area (Å²) >= 11 is 0. The lowest BCUT2D eigenvalue weighted by Gasteiger charge is -2.23. The summed E-state index contributed by atoms with van der Waals surface area (Å²) in [4.78, 5) is 5.03. The van der Waals surface area contributed by atoms with Gasteiger partial charge in [0.05, 0.1) is 0 Å². The van der Waals surface area contributed by atoms with E-state index in [9.17, 15) is 0 Å². The SMILES string of the molecule is c1ccc(CN(CCN2CC2)Cc2ccccc2)cc1. The van der Waals surface area contributed by atoms with Crippen LogP contribution in [-0.4, -0.2) is 36.0 Å². The van der Waals surface area contributed by atoms with Crippen molar-refractivity contribution < 1.29 is 0 Å². The molecule has 1 aliphatic heterocycles. The van der Waals surface area contributed by atoms with Gasteiger partial charge >= 0.3 is 0 Å². The first-order valence-corrected chi connectivity index (χ1v) is 7.43. The lowest BCUT2D eigenvalue weighted by molar-refractivity contribution is 0.243. The summed E-state index contributed by atoms with van der Waals surface area (Å²) < 4.78 is 0. The molecule has 0 bridgehead atoms. The quantitative estimate of drug-likeness (QED) is 0.711. The van der Waals surface area contributed by atoms with E-state index in [0.29, 0.717) is 0 Å². The number of benzene rings is 2. The van der Waals surface area contributed by atoms with Gasteiger partial charge in [-0.05, 0) is 11.1 Å². The second-order valence-electron chi connectivity index (χ2n) is 5.52. The predicted octanol–water partition coefficient (Wildman–Crippen LogP) is 3.00. The van der Waals surface area contributed by atoms with Gasteiger partial charge in [-0.15, -0.1) is 0 Å². The van der Waals surface area contributed by atoms with Crippen molar-refractivity contribution >= 4 is 0 Å². The zero-order valence-electron chi connectivity index (χ0n) is 11.9. The van der Waals surface area contributed by atoms with Gasteiger partial charge < -0.3 is 0 Å². The van der Waals surface area contributed by atoms with Gasteiger partial charge in [-0.1, -0.05) is 60.7 Å². The molecule has 1 heterocycles. The van der Waals surface area contributed by atoms with Gasteiger partial charge in [0.25, 0.3) is 0 Å². The van der Waals surface area contributed by atoms with E-state index in [2.05, 4.69) is 70.5 Å². The predicted molar refractivity (Wildman–Crippen MR) is 83.4 cm³/mol. The Morgan fingerprint density at radius 1 is 0.750 bits per heavy atom. The molecule has 1 aliphatic rings. The minimum absolute atomic E-state index is 1.03. The molecule has 2 aromatic carbocycles. The molecule has 3 rings (SSSR count). The molecule has 2 aromatic rings. The first-order valence-electron chi connectivity index (χ1n) is 7.43. The highest BCUT2D eigenvalue weighted by Crippen LogP contribution is 2.11. The summed E-state index contributed by atoms with van der Waals surface area (Å²) in [5.41, 5.74) is 2.79. The monoisotopic (exact) mass is 266 g/mol. The van der Waals surface area contributed by atoms with E-state index in [-0.39, 0.29) is 0 Å². The zero-order valence-corrected chi connectivity index (χ0v) is 11.9. The normalized spacial score (nSPS) is 14.7. The molecule has 0 aromatic heterocycles. The second kappa shape index (κ2) is 6.69. The standard InChI is InChI=1S/C18H22N2/c1-3-7-17(8-4-1)15-20(14-13-19-11-12-19)16-18-9-5-2-6-10-18/h1-10H,11-16H2. The molecular formula is C18H22N2. The van der Waals surface area contributed by atoms with Crippen LogP contribution in [0.25, 0.3) is 0 Å². The van der Waals surface area contributed by atoms with E-state index in [1.807, 2.05) is 0 Å². The van der Waals surface area contributed by atoms with E-state index in [1.165, 1.54) is 30.8 Å². The van der Waals surface area contributed by atoms with Crippen LogP contribution in [0.3, 0.4) is 0 Å². The largest absolute Gasteiger partial charge is 0.300 e. The third kappa shape index (κ3) is 4.19. The zero-order chi connectivity index (χ0) is 13.6. The molecule has 2 nitrogen and oxygen atoms in total. The van der Waals surface area contributed by atoms with E-state index in [1.54, 1.807) is 0 Å². The van der Waals surface area contributed by atoms with Gasteiger partial charge in [-0.3, -0.25) is 9.80 Å². The third-order valence-corrected chi connectivity index (χ3v) is 3.77. The maximum atomic E-state index is 2.54. The van der Waals surface area contributed by atoms with Crippen molar-refractivity contribution in [2.75, 3.05) is 26.2 Å². The molecule has 0 amide bonds. The number of rotatable bonds is 7. The Labute approximate surface area is 121 Å². The van der Waals surface area contributed by atoms with Crippen molar-refractivity contribution in [1.29, 1.82) is 0 Å². The van der Waals surface area contributed by atoms with Crippen LogP contribution in [0.5, 0.6) is 0 Å². The minimum atomic E-state index is 1.03. The summed E-state index contributed by atoms with van der Waals surface area (Å²) in [7, 11) is 0. The first kappa shape index (κ1) is 13.3. The number of hydrogen-bond donors (Lipinski definition) is 0. The topological polar surface area (TPSA) is 6.25 Å². The highest BCUT2D eigenvalue weighted by Gasteiger charge is 2.18. The lowest BCUT2D eigenvalue weighted by Crippen LogP contribution is -2.28. The summed E-state index contributed by atoms with van der Waals surface area (Å²) in [6.07, 6.45) is 0. The van der Waals surface area contributed by atoms with Crippen LogP contribution in [0.4, 0.5) is 0 Å². The maximum Gasteiger partial charge on any atom is 0.0237 e. The highest BCUT2D eigenvalue weighted by molar-refractivity contribution is 5.17. The fraction of sp³-hybridized carbons (Fsp3) is 0.333. The summed E-state index contributed by atoms with van der Waals surface area (Å²) in [5, 5.41) is 0. The van der Waals surface area contributed by atoms with Crippen LogP contribution in [0.1, 0.15) is 11.1 Å². The van der Waals surface area contributed by atoms with Crippen molar-refractivity contribution in [3.8, 4) is 0 Å². The molecular weight excluding hydrogens is 244 g/mol. The van der Waals surface area contributed by atoms with Gasteiger partial charge in [0.15, 0.2) is 0 Å². The Bertz CT molecular complexity index is 464. The van der Waals surface area contributed by atoms with Gasteiger partial charge in [-0.2, -0.15) is 0 Å². The smallest absolute Gasteiger partial charge is 0.0237 e. The molecule has 0 spiro atoms. The first-order chi connectivity index (χ1) is 9.90. The average Bonchev–Trinajstić information content (AvgIpc) is 3.31. The molecule has 0 radical (unpaired) electrons. The molecule has 20 heavy (non-hydrogen) atoms. The molecule has 1 saturated heterocycles. The Hall–Kier alpha value is -1.64. The average molecular weight is 266 g/mol. The van der Waals surface area contributed by atoms with Crippen LogP contribution in [-0.2, 0) is 13.1 Å². The minimum Gasteiger partial charge on any atom is -0.300 e.